The molecule has 0 amide bonds. The molecule has 1 aromatic heterocycles. The standard InChI is InChI=1S/C22H26N3O.BF4/c1-22(2,3)18-9-11-19(12-10-18)25-16-24-20(14-26-15-21(24)23-25)13-17-7-5-4-6-8-17;2-1(3,4)5/h4-12,16,20H,13-15H2,1-3H3;/q+1;-1/t20-;/m1./s1. The predicted molar refractivity (Wildman–Crippen MR) is 111 cm³/mol. The molecule has 3 aromatic rings. The summed E-state index contributed by atoms with van der Waals surface area (Å²) < 4.78 is 49.0. The van der Waals surface area contributed by atoms with E-state index in [9.17, 15) is 17.3 Å². The first kappa shape index (κ1) is 23.0. The molecule has 166 valence electrons. The highest BCUT2D eigenvalue weighted by atomic mass is 19.5. The number of rotatable bonds is 3. The number of hydrogen-bond acceptors (Lipinski definition) is 2. The Morgan fingerprint density at radius 1 is 1.03 bits per heavy atom. The monoisotopic (exact) mass is 435 g/mol. The van der Waals surface area contributed by atoms with Crippen LogP contribution < -0.4 is 4.57 Å². The van der Waals surface area contributed by atoms with Crippen LogP contribution in [0, 0.1) is 0 Å². The summed E-state index contributed by atoms with van der Waals surface area (Å²) in [6.45, 7) is 7.99. The smallest absolute Gasteiger partial charge is 0.418 e. The van der Waals surface area contributed by atoms with Crippen LogP contribution in [0.2, 0.25) is 0 Å². The molecule has 4 nitrogen and oxygen atoms in total. The molecule has 1 aliphatic rings. The minimum Gasteiger partial charge on any atom is -0.418 e. The summed E-state index contributed by atoms with van der Waals surface area (Å²) in [6, 6.07) is 19.5. The summed E-state index contributed by atoms with van der Waals surface area (Å²) in [4.78, 5) is 0. The lowest BCUT2D eigenvalue weighted by Gasteiger charge is -2.19. The minimum absolute atomic E-state index is 0.158. The highest BCUT2D eigenvalue weighted by molar-refractivity contribution is 6.50. The molecule has 31 heavy (non-hydrogen) atoms. The van der Waals surface area contributed by atoms with E-state index in [1.54, 1.807) is 0 Å². The largest absolute Gasteiger partial charge is 0.673 e. The first-order chi connectivity index (χ1) is 14.5. The van der Waals surface area contributed by atoms with Gasteiger partial charge in [-0.25, -0.2) is 4.57 Å². The molecule has 2 aromatic carbocycles. The Labute approximate surface area is 179 Å². The summed E-state index contributed by atoms with van der Waals surface area (Å²) >= 11 is 0. The van der Waals surface area contributed by atoms with Crippen LogP contribution in [-0.4, -0.2) is 23.6 Å². The molecule has 0 N–H and O–H groups in total. The highest BCUT2D eigenvalue weighted by Gasteiger charge is 2.30. The number of fused-ring (bicyclic) bond motifs is 1. The fourth-order valence-electron chi connectivity index (χ4n) is 3.44. The zero-order valence-corrected chi connectivity index (χ0v) is 17.8. The van der Waals surface area contributed by atoms with E-state index in [1.807, 2.05) is 4.68 Å². The molecule has 0 saturated carbocycles. The van der Waals surface area contributed by atoms with Crippen molar-refractivity contribution in [2.24, 2.45) is 0 Å². The SMILES string of the molecule is CC(C)(C)c1ccc(-n2c[n+]3c(n2)COC[C@H]3Cc2ccccc2)cc1.F[B-](F)(F)F. The number of nitrogens with zero attached hydrogens (tertiary/aromatic N) is 3. The maximum atomic E-state index is 9.75. The van der Waals surface area contributed by atoms with Gasteiger partial charge in [-0.1, -0.05) is 67.9 Å². The molecule has 0 aliphatic carbocycles. The minimum atomic E-state index is -6.00. The zero-order chi connectivity index (χ0) is 22.6. The molecule has 0 bridgehead atoms. The van der Waals surface area contributed by atoms with Crippen molar-refractivity contribution in [3.05, 3.63) is 77.9 Å². The number of hydrogen-bond donors (Lipinski definition) is 0. The Kier molecular flexibility index (Phi) is 6.84. The highest BCUT2D eigenvalue weighted by Crippen LogP contribution is 2.23. The lowest BCUT2D eigenvalue weighted by molar-refractivity contribution is -0.742. The van der Waals surface area contributed by atoms with Gasteiger partial charge in [-0.05, 0) is 28.7 Å². The molecule has 0 spiro atoms. The third kappa shape index (κ3) is 6.65. The van der Waals surface area contributed by atoms with E-state index < -0.39 is 7.25 Å². The van der Waals surface area contributed by atoms with Gasteiger partial charge in [-0.3, -0.25) is 0 Å². The molecular formula is C22H26BF4N3O. The predicted octanol–water partition coefficient (Wildman–Crippen LogP) is 5.07. The van der Waals surface area contributed by atoms with Crippen molar-refractivity contribution < 1.29 is 26.6 Å². The van der Waals surface area contributed by atoms with Gasteiger partial charge < -0.3 is 22.0 Å². The van der Waals surface area contributed by atoms with Crippen LogP contribution in [-0.2, 0) is 23.2 Å². The van der Waals surface area contributed by atoms with Crippen molar-refractivity contribution in [3.8, 4) is 5.69 Å². The number of aromatic nitrogens is 3. The van der Waals surface area contributed by atoms with Crippen molar-refractivity contribution >= 4 is 7.25 Å². The van der Waals surface area contributed by atoms with Gasteiger partial charge in [0, 0.05) is 11.5 Å². The summed E-state index contributed by atoms with van der Waals surface area (Å²) in [6.07, 6.45) is 3.06. The average Bonchev–Trinajstić information content (AvgIpc) is 3.12. The molecule has 0 unspecified atom stereocenters. The fraction of sp³-hybridized carbons (Fsp3) is 0.364. The number of ether oxygens (including phenoxy) is 1. The quantitative estimate of drug-likeness (QED) is 0.327. The van der Waals surface area contributed by atoms with Crippen LogP contribution in [0.3, 0.4) is 0 Å². The van der Waals surface area contributed by atoms with E-state index in [0.717, 1.165) is 24.5 Å². The molecule has 1 aliphatic heterocycles. The summed E-state index contributed by atoms with van der Waals surface area (Å²) in [7, 11) is -6.00. The van der Waals surface area contributed by atoms with Gasteiger partial charge in [0.1, 0.15) is 18.3 Å². The summed E-state index contributed by atoms with van der Waals surface area (Å²) in [5.74, 6) is 0.983. The van der Waals surface area contributed by atoms with E-state index >= 15 is 0 Å². The van der Waals surface area contributed by atoms with E-state index in [4.69, 9.17) is 9.84 Å². The van der Waals surface area contributed by atoms with Crippen molar-refractivity contribution in [3.63, 3.8) is 0 Å². The van der Waals surface area contributed by atoms with Crippen LogP contribution in [0.4, 0.5) is 17.3 Å². The number of halogens is 4. The van der Waals surface area contributed by atoms with Gasteiger partial charge in [0.2, 0.25) is 6.33 Å². The molecule has 0 fully saturated rings. The first-order valence-electron chi connectivity index (χ1n) is 10.1. The van der Waals surface area contributed by atoms with Crippen molar-refractivity contribution in [2.45, 2.75) is 45.3 Å². The molecular weight excluding hydrogens is 409 g/mol. The molecule has 2 heterocycles. The van der Waals surface area contributed by atoms with Gasteiger partial charge >= 0.3 is 13.1 Å². The molecule has 4 rings (SSSR count). The van der Waals surface area contributed by atoms with Gasteiger partial charge in [0.15, 0.2) is 0 Å². The second-order valence-electron chi connectivity index (χ2n) is 8.53. The molecule has 1 atom stereocenters. The van der Waals surface area contributed by atoms with Crippen LogP contribution in [0.15, 0.2) is 60.9 Å². The van der Waals surface area contributed by atoms with Gasteiger partial charge in [0.25, 0.3) is 0 Å². The molecule has 0 radical (unpaired) electrons. The second kappa shape index (κ2) is 9.22. The Balaban J connectivity index is 0.000000491. The zero-order valence-electron chi connectivity index (χ0n) is 17.8. The van der Waals surface area contributed by atoms with Gasteiger partial charge in [-0.15, -0.1) is 0 Å². The maximum absolute atomic E-state index is 9.75. The summed E-state index contributed by atoms with van der Waals surface area (Å²) in [5, 5.41) is 4.76. The van der Waals surface area contributed by atoms with Crippen LogP contribution in [0.5, 0.6) is 0 Å². The van der Waals surface area contributed by atoms with Gasteiger partial charge in [-0.2, -0.15) is 0 Å². The Hall–Kier alpha value is -2.68. The van der Waals surface area contributed by atoms with E-state index in [1.165, 1.54) is 11.1 Å². The van der Waals surface area contributed by atoms with Crippen molar-refractivity contribution in [2.75, 3.05) is 6.61 Å². The maximum Gasteiger partial charge on any atom is 0.673 e. The fourth-order valence-corrected chi connectivity index (χ4v) is 3.44. The Morgan fingerprint density at radius 3 is 2.23 bits per heavy atom. The average molecular weight is 435 g/mol. The van der Waals surface area contributed by atoms with E-state index in [0.29, 0.717) is 6.61 Å². The van der Waals surface area contributed by atoms with E-state index in [2.05, 4.69) is 86.3 Å². The normalized spacial score (nSPS) is 16.3. The molecule has 0 saturated heterocycles. The summed E-state index contributed by atoms with van der Waals surface area (Å²) in [5.41, 5.74) is 3.89. The molecule has 9 heteroatoms. The topological polar surface area (TPSA) is 30.9 Å². The first-order valence-corrected chi connectivity index (χ1v) is 10.1. The van der Waals surface area contributed by atoms with Crippen LogP contribution in [0.1, 0.15) is 43.8 Å². The lowest BCUT2D eigenvalue weighted by atomic mass is 9.87. The van der Waals surface area contributed by atoms with Crippen LogP contribution >= 0.6 is 0 Å². The Bertz CT molecular complexity index is 977. The van der Waals surface area contributed by atoms with Crippen molar-refractivity contribution in [1.82, 2.24) is 9.78 Å². The van der Waals surface area contributed by atoms with Crippen LogP contribution in [0.25, 0.3) is 5.69 Å². The lowest BCUT2D eigenvalue weighted by Crippen LogP contribution is -2.48. The van der Waals surface area contributed by atoms with Gasteiger partial charge in [0.05, 0.1) is 6.61 Å². The third-order valence-electron chi connectivity index (χ3n) is 5.00. The Morgan fingerprint density at radius 2 is 1.65 bits per heavy atom. The second-order valence-corrected chi connectivity index (χ2v) is 8.53. The number of benzene rings is 2. The third-order valence-corrected chi connectivity index (χ3v) is 5.00. The van der Waals surface area contributed by atoms with Crippen molar-refractivity contribution in [1.29, 1.82) is 0 Å². The van der Waals surface area contributed by atoms with E-state index in [-0.39, 0.29) is 11.5 Å².